The Morgan fingerprint density at radius 3 is 2.50 bits per heavy atom. The number of para-hydroxylation sites is 1. The van der Waals surface area contributed by atoms with Crippen LogP contribution in [0.15, 0.2) is 79.0 Å². The Balaban J connectivity index is 1.68. The molecule has 3 rings (SSSR count). The summed E-state index contributed by atoms with van der Waals surface area (Å²) in [5.41, 5.74) is 6.51. The van der Waals surface area contributed by atoms with Crippen LogP contribution in [0.25, 0.3) is 17.3 Å². The zero-order valence-electron chi connectivity index (χ0n) is 14.1. The summed E-state index contributed by atoms with van der Waals surface area (Å²) in [4.78, 5) is 15.5. The minimum absolute atomic E-state index is 0.565. The SMILES string of the molecule is O=C(C=Cc1ccccc1NCc1ccc(-c2ccccn2)cc1)NO. The van der Waals surface area contributed by atoms with E-state index in [1.807, 2.05) is 42.5 Å². The maximum absolute atomic E-state index is 11.2. The molecule has 0 radical (unpaired) electrons. The Labute approximate surface area is 152 Å². The molecule has 0 unspecified atom stereocenters. The van der Waals surface area contributed by atoms with E-state index < -0.39 is 5.91 Å². The fourth-order valence-electron chi connectivity index (χ4n) is 2.53. The third kappa shape index (κ3) is 4.55. The second-order valence-corrected chi connectivity index (χ2v) is 5.66. The zero-order chi connectivity index (χ0) is 18.2. The molecule has 0 saturated carbocycles. The predicted molar refractivity (Wildman–Crippen MR) is 102 cm³/mol. The van der Waals surface area contributed by atoms with Crippen LogP contribution in [0.1, 0.15) is 11.1 Å². The third-order valence-electron chi connectivity index (χ3n) is 3.88. The predicted octanol–water partition coefficient (Wildman–Crippen LogP) is 3.88. The van der Waals surface area contributed by atoms with Crippen molar-refractivity contribution in [2.75, 3.05) is 5.32 Å². The molecule has 0 saturated heterocycles. The molecule has 5 heteroatoms. The van der Waals surface area contributed by atoms with Crippen molar-refractivity contribution < 1.29 is 10.0 Å². The molecule has 3 N–H and O–H groups in total. The van der Waals surface area contributed by atoms with Crippen LogP contribution in [0.4, 0.5) is 5.69 Å². The molecule has 1 amide bonds. The Morgan fingerprint density at radius 2 is 1.77 bits per heavy atom. The number of nitrogens with zero attached hydrogens (tertiary/aromatic N) is 1. The van der Waals surface area contributed by atoms with Crippen molar-refractivity contribution in [3.63, 3.8) is 0 Å². The lowest BCUT2D eigenvalue weighted by Crippen LogP contribution is -2.14. The van der Waals surface area contributed by atoms with E-state index in [4.69, 9.17) is 5.21 Å². The molecule has 5 nitrogen and oxygen atoms in total. The Bertz CT molecular complexity index is 891. The van der Waals surface area contributed by atoms with Gasteiger partial charge < -0.3 is 5.32 Å². The van der Waals surface area contributed by atoms with Gasteiger partial charge in [-0.05, 0) is 35.4 Å². The fraction of sp³-hybridized carbons (Fsp3) is 0.0476. The van der Waals surface area contributed by atoms with E-state index in [-0.39, 0.29) is 0 Å². The summed E-state index contributed by atoms with van der Waals surface area (Å²) in [6, 6.07) is 21.7. The summed E-state index contributed by atoms with van der Waals surface area (Å²) in [7, 11) is 0. The van der Waals surface area contributed by atoms with Crippen molar-refractivity contribution in [3.8, 4) is 11.3 Å². The minimum atomic E-state index is -0.565. The molecule has 1 aromatic heterocycles. The van der Waals surface area contributed by atoms with E-state index in [0.29, 0.717) is 6.54 Å². The van der Waals surface area contributed by atoms with Crippen LogP contribution in [0.5, 0.6) is 0 Å². The summed E-state index contributed by atoms with van der Waals surface area (Å²) in [5.74, 6) is -0.565. The van der Waals surface area contributed by atoms with Crippen LogP contribution < -0.4 is 10.8 Å². The van der Waals surface area contributed by atoms with Crippen molar-refractivity contribution in [3.05, 3.63) is 90.1 Å². The quantitative estimate of drug-likeness (QED) is 0.360. The average molecular weight is 345 g/mol. The molecule has 0 fully saturated rings. The van der Waals surface area contributed by atoms with Gasteiger partial charge in [-0.2, -0.15) is 0 Å². The van der Waals surface area contributed by atoms with Crippen molar-refractivity contribution in [2.45, 2.75) is 6.54 Å². The van der Waals surface area contributed by atoms with Crippen LogP contribution in [-0.2, 0) is 11.3 Å². The number of rotatable bonds is 6. The molecular weight excluding hydrogens is 326 g/mol. The number of carbonyl (C=O) groups excluding carboxylic acids is 1. The molecule has 26 heavy (non-hydrogen) atoms. The first-order chi connectivity index (χ1) is 12.8. The van der Waals surface area contributed by atoms with Crippen molar-refractivity contribution in [1.82, 2.24) is 10.5 Å². The monoisotopic (exact) mass is 345 g/mol. The second-order valence-electron chi connectivity index (χ2n) is 5.66. The number of hydrogen-bond acceptors (Lipinski definition) is 4. The third-order valence-corrected chi connectivity index (χ3v) is 3.88. The molecular formula is C21H19N3O2. The average Bonchev–Trinajstić information content (AvgIpc) is 2.72. The molecule has 0 aliphatic carbocycles. The van der Waals surface area contributed by atoms with Gasteiger partial charge in [-0.25, -0.2) is 5.48 Å². The molecule has 1 heterocycles. The van der Waals surface area contributed by atoms with Crippen LogP contribution in [0, 0.1) is 0 Å². The van der Waals surface area contributed by atoms with E-state index in [1.54, 1.807) is 17.8 Å². The normalized spacial score (nSPS) is 10.7. The summed E-state index contributed by atoms with van der Waals surface area (Å²) in [5, 5.41) is 11.9. The number of benzene rings is 2. The summed E-state index contributed by atoms with van der Waals surface area (Å²) >= 11 is 0. The van der Waals surface area contributed by atoms with Gasteiger partial charge in [-0.15, -0.1) is 0 Å². The van der Waals surface area contributed by atoms with Gasteiger partial charge in [0.15, 0.2) is 0 Å². The van der Waals surface area contributed by atoms with E-state index in [9.17, 15) is 4.79 Å². The van der Waals surface area contributed by atoms with Gasteiger partial charge in [0.2, 0.25) is 0 Å². The van der Waals surface area contributed by atoms with Crippen molar-refractivity contribution >= 4 is 17.7 Å². The topological polar surface area (TPSA) is 74.2 Å². The second kappa shape index (κ2) is 8.60. The molecule has 0 bridgehead atoms. The molecule has 0 atom stereocenters. The van der Waals surface area contributed by atoms with Gasteiger partial charge >= 0.3 is 0 Å². The van der Waals surface area contributed by atoms with Crippen molar-refractivity contribution in [1.29, 1.82) is 0 Å². The number of nitrogens with one attached hydrogen (secondary N) is 2. The molecule has 0 spiro atoms. The van der Waals surface area contributed by atoms with Crippen LogP contribution in [0.2, 0.25) is 0 Å². The molecule has 0 aliphatic heterocycles. The first kappa shape index (κ1) is 17.4. The number of amides is 1. The minimum Gasteiger partial charge on any atom is -0.380 e. The largest absolute Gasteiger partial charge is 0.380 e. The van der Waals surface area contributed by atoms with E-state index in [2.05, 4.69) is 34.6 Å². The van der Waals surface area contributed by atoms with Gasteiger partial charge in [-0.3, -0.25) is 15.0 Å². The lowest BCUT2D eigenvalue weighted by molar-refractivity contribution is -0.124. The van der Waals surface area contributed by atoms with E-state index in [1.165, 1.54) is 6.08 Å². The summed E-state index contributed by atoms with van der Waals surface area (Å²) < 4.78 is 0. The number of hydroxylamine groups is 1. The highest BCUT2D eigenvalue weighted by Gasteiger charge is 2.02. The van der Waals surface area contributed by atoms with Crippen LogP contribution in [0.3, 0.4) is 0 Å². The number of hydrogen-bond donors (Lipinski definition) is 3. The summed E-state index contributed by atoms with van der Waals surface area (Å²) in [6.07, 6.45) is 4.71. The maximum atomic E-state index is 11.2. The Morgan fingerprint density at radius 1 is 1.00 bits per heavy atom. The number of pyridine rings is 1. The van der Waals surface area contributed by atoms with E-state index in [0.717, 1.165) is 28.1 Å². The highest BCUT2D eigenvalue weighted by Crippen LogP contribution is 2.20. The molecule has 0 aliphatic rings. The Hall–Kier alpha value is -3.44. The van der Waals surface area contributed by atoms with Gasteiger partial charge in [0.25, 0.3) is 5.91 Å². The first-order valence-electron chi connectivity index (χ1n) is 8.21. The fourth-order valence-corrected chi connectivity index (χ4v) is 2.53. The zero-order valence-corrected chi connectivity index (χ0v) is 14.1. The lowest BCUT2D eigenvalue weighted by Gasteiger charge is -2.10. The van der Waals surface area contributed by atoms with Crippen LogP contribution in [-0.4, -0.2) is 16.1 Å². The Kier molecular flexibility index (Phi) is 5.75. The first-order valence-corrected chi connectivity index (χ1v) is 8.21. The molecule has 130 valence electrons. The van der Waals surface area contributed by atoms with Crippen molar-refractivity contribution in [2.24, 2.45) is 0 Å². The molecule has 3 aromatic rings. The molecule has 2 aromatic carbocycles. The van der Waals surface area contributed by atoms with E-state index >= 15 is 0 Å². The number of carbonyl (C=O) groups is 1. The smallest absolute Gasteiger partial charge is 0.267 e. The van der Waals surface area contributed by atoms with Gasteiger partial charge in [-0.1, -0.05) is 48.5 Å². The number of aromatic nitrogens is 1. The van der Waals surface area contributed by atoms with Gasteiger partial charge in [0.05, 0.1) is 5.69 Å². The number of anilines is 1. The summed E-state index contributed by atoms with van der Waals surface area (Å²) in [6.45, 7) is 0.652. The highest BCUT2D eigenvalue weighted by molar-refractivity contribution is 5.91. The van der Waals surface area contributed by atoms with Gasteiger partial charge in [0, 0.05) is 30.1 Å². The lowest BCUT2D eigenvalue weighted by atomic mass is 10.1. The van der Waals surface area contributed by atoms with Crippen LogP contribution >= 0.6 is 0 Å². The maximum Gasteiger partial charge on any atom is 0.267 e. The standard InChI is InChI=1S/C21H19N3O2/c25-21(24-26)13-12-17-5-1-2-6-20(17)23-15-16-8-10-18(11-9-16)19-7-3-4-14-22-19/h1-14,23,26H,15H2,(H,24,25). The van der Waals surface area contributed by atoms with Gasteiger partial charge in [0.1, 0.15) is 0 Å². The highest BCUT2D eigenvalue weighted by atomic mass is 16.5.